The van der Waals surface area contributed by atoms with Gasteiger partial charge in [-0.2, -0.15) is 0 Å². The molecule has 106 valence electrons. The largest absolute Gasteiger partial charge is 0.384 e. The molecule has 0 amide bonds. The van der Waals surface area contributed by atoms with Gasteiger partial charge in [0.15, 0.2) is 6.29 Å². The van der Waals surface area contributed by atoms with Gasteiger partial charge in [-0.15, -0.1) is 0 Å². The lowest BCUT2D eigenvalue weighted by Gasteiger charge is -2.18. The number of hydrogen-bond donors (Lipinski definition) is 2. The highest BCUT2D eigenvalue weighted by Crippen LogP contribution is 2.26. The van der Waals surface area contributed by atoms with Crippen molar-refractivity contribution in [3.8, 4) is 0 Å². The quantitative estimate of drug-likeness (QED) is 0.706. The molecule has 0 spiro atoms. The number of fused-ring (bicyclic) bond motifs is 1. The van der Waals surface area contributed by atoms with Crippen LogP contribution in [0.5, 0.6) is 0 Å². The van der Waals surface area contributed by atoms with Crippen LogP contribution in [-0.2, 0) is 22.4 Å². The summed E-state index contributed by atoms with van der Waals surface area (Å²) >= 11 is 0. The highest BCUT2D eigenvalue weighted by Gasteiger charge is 2.13. The van der Waals surface area contributed by atoms with Crippen LogP contribution in [0.2, 0.25) is 0 Å². The van der Waals surface area contributed by atoms with Crippen LogP contribution in [-0.4, -0.2) is 32.6 Å². The molecule has 2 N–H and O–H groups in total. The van der Waals surface area contributed by atoms with E-state index in [9.17, 15) is 0 Å². The fourth-order valence-electron chi connectivity index (χ4n) is 2.42. The monoisotopic (exact) mass is 264 g/mol. The summed E-state index contributed by atoms with van der Waals surface area (Å²) in [6.07, 6.45) is 0.976. The Hall–Kier alpha value is -1.10. The fourth-order valence-corrected chi connectivity index (χ4v) is 2.42. The number of ether oxygens (including phenoxy) is 2. The van der Waals surface area contributed by atoms with Gasteiger partial charge in [0.1, 0.15) is 0 Å². The van der Waals surface area contributed by atoms with Gasteiger partial charge < -0.3 is 20.1 Å². The van der Waals surface area contributed by atoms with Gasteiger partial charge in [0, 0.05) is 38.5 Å². The molecule has 2 rings (SSSR count). The van der Waals surface area contributed by atoms with Gasteiger partial charge in [0.05, 0.1) is 0 Å². The maximum absolute atomic E-state index is 5.51. The van der Waals surface area contributed by atoms with Gasteiger partial charge in [0.2, 0.25) is 0 Å². The number of rotatable bonds is 8. The summed E-state index contributed by atoms with van der Waals surface area (Å²) in [6, 6.07) is 6.49. The molecule has 1 heterocycles. The summed E-state index contributed by atoms with van der Waals surface area (Å²) in [5.41, 5.74) is 4.05. The van der Waals surface area contributed by atoms with Crippen LogP contribution in [0.25, 0.3) is 0 Å². The molecule has 4 nitrogen and oxygen atoms in total. The van der Waals surface area contributed by atoms with Crippen molar-refractivity contribution in [2.45, 2.75) is 33.1 Å². The standard InChI is InChI=1S/C15H24N2O2/c1-3-18-14(19-4-2)11-16-10-13-7-5-6-12-8-9-17-15(12)13/h5-7,14,16-17H,3-4,8-11H2,1-2H3. The van der Waals surface area contributed by atoms with E-state index in [1.54, 1.807) is 0 Å². The highest BCUT2D eigenvalue weighted by molar-refractivity contribution is 5.61. The number of nitrogens with one attached hydrogen (secondary N) is 2. The van der Waals surface area contributed by atoms with Crippen LogP contribution >= 0.6 is 0 Å². The molecule has 4 heteroatoms. The first-order valence-electron chi connectivity index (χ1n) is 7.13. The molecule has 0 saturated carbocycles. The van der Waals surface area contributed by atoms with Gasteiger partial charge >= 0.3 is 0 Å². The van der Waals surface area contributed by atoms with Crippen molar-refractivity contribution in [3.63, 3.8) is 0 Å². The Morgan fingerprint density at radius 1 is 1.26 bits per heavy atom. The fraction of sp³-hybridized carbons (Fsp3) is 0.600. The Morgan fingerprint density at radius 3 is 2.79 bits per heavy atom. The van der Waals surface area contributed by atoms with E-state index in [0.29, 0.717) is 19.8 Å². The molecule has 19 heavy (non-hydrogen) atoms. The first-order chi connectivity index (χ1) is 9.35. The van der Waals surface area contributed by atoms with Crippen LogP contribution in [0.1, 0.15) is 25.0 Å². The summed E-state index contributed by atoms with van der Waals surface area (Å²) in [4.78, 5) is 0. The third-order valence-corrected chi connectivity index (χ3v) is 3.26. The Kier molecular flexibility index (Phi) is 5.63. The van der Waals surface area contributed by atoms with E-state index in [-0.39, 0.29) is 6.29 Å². The number of anilines is 1. The van der Waals surface area contributed by atoms with E-state index in [1.807, 2.05) is 13.8 Å². The topological polar surface area (TPSA) is 42.5 Å². The highest BCUT2D eigenvalue weighted by atomic mass is 16.7. The van der Waals surface area contributed by atoms with E-state index in [2.05, 4.69) is 28.8 Å². The smallest absolute Gasteiger partial charge is 0.169 e. The summed E-state index contributed by atoms with van der Waals surface area (Å²) in [5.74, 6) is 0. The van der Waals surface area contributed by atoms with Gasteiger partial charge in [-0.1, -0.05) is 18.2 Å². The van der Waals surface area contributed by atoms with Gasteiger partial charge in [-0.05, 0) is 31.4 Å². The SMILES string of the molecule is CCOC(CNCc1cccc2c1NCC2)OCC. The van der Waals surface area contributed by atoms with Crippen LogP contribution in [0, 0.1) is 0 Å². The van der Waals surface area contributed by atoms with Crippen LogP contribution in [0.15, 0.2) is 18.2 Å². The van der Waals surface area contributed by atoms with Crippen molar-refractivity contribution < 1.29 is 9.47 Å². The summed E-state index contributed by atoms with van der Waals surface area (Å²) < 4.78 is 11.0. The molecule has 0 atom stereocenters. The molecule has 0 fully saturated rings. The van der Waals surface area contributed by atoms with Crippen molar-refractivity contribution in [2.75, 3.05) is 31.6 Å². The molecule has 0 radical (unpaired) electrons. The van der Waals surface area contributed by atoms with Crippen molar-refractivity contribution >= 4 is 5.69 Å². The molecule has 1 aliphatic rings. The minimum atomic E-state index is -0.153. The van der Waals surface area contributed by atoms with Crippen LogP contribution < -0.4 is 10.6 Å². The maximum Gasteiger partial charge on any atom is 0.169 e. The minimum absolute atomic E-state index is 0.153. The maximum atomic E-state index is 5.51. The Bertz CT molecular complexity index is 390. The zero-order valence-electron chi connectivity index (χ0n) is 11.9. The molecule has 1 aromatic rings. The van der Waals surface area contributed by atoms with Gasteiger partial charge in [-0.25, -0.2) is 0 Å². The first-order valence-corrected chi connectivity index (χ1v) is 7.13. The lowest BCUT2D eigenvalue weighted by Crippen LogP contribution is -2.31. The normalized spacial score (nSPS) is 13.6. The Balaban J connectivity index is 1.83. The van der Waals surface area contributed by atoms with Crippen LogP contribution in [0.3, 0.4) is 0 Å². The number of benzene rings is 1. The van der Waals surface area contributed by atoms with E-state index in [4.69, 9.17) is 9.47 Å². The second kappa shape index (κ2) is 7.48. The molecule has 0 unspecified atom stereocenters. The van der Waals surface area contributed by atoms with Gasteiger partial charge in [-0.3, -0.25) is 0 Å². The van der Waals surface area contributed by atoms with E-state index in [0.717, 1.165) is 19.5 Å². The average molecular weight is 264 g/mol. The Labute approximate surface area is 115 Å². The first kappa shape index (κ1) is 14.3. The molecule has 0 bridgehead atoms. The average Bonchev–Trinajstić information content (AvgIpc) is 2.88. The molecule has 0 saturated heterocycles. The number of hydrogen-bond acceptors (Lipinski definition) is 4. The van der Waals surface area contributed by atoms with Crippen molar-refractivity contribution in [3.05, 3.63) is 29.3 Å². The summed E-state index contributed by atoms with van der Waals surface area (Å²) in [5, 5.41) is 6.87. The molecular formula is C15H24N2O2. The van der Waals surface area contributed by atoms with E-state index >= 15 is 0 Å². The molecule has 1 aliphatic heterocycles. The third kappa shape index (κ3) is 3.93. The zero-order valence-corrected chi connectivity index (χ0v) is 11.9. The number of para-hydroxylation sites is 1. The second-order valence-corrected chi connectivity index (χ2v) is 4.60. The minimum Gasteiger partial charge on any atom is -0.384 e. The van der Waals surface area contributed by atoms with Crippen molar-refractivity contribution in [1.29, 1.82) is 0 Å². The third-order valence-electron chi connectivity index (χ3n) is 3.26. The lowest BCUT2D eigenvalue weighted by atomic mass is 10.1. The van der Waals surface area contributed by atoms with Crippen molar-refractivity contribution in [1.82, 2.24) is 5.32 Å². The summed E-state index contributed by atoms with van der Waals surface area (Å²) in [7, 11) is 0. The lowest BCUT2D eigenvalue weighted by molar-refractivity contribution is -0.133. The molecule has 1 aromatic carbocycles. The van der Waals surface area contributed by atoms with Gasteiger partial charge in [0.25, 0.3) is 0 Å². The molecule has 0 aliphatic carbocycles. The van der Waals surface area contributed by atoms with E-state index < -0.39 is 0 Å². The van der Waals surface area contributed by atoms with Crippen molar-refractivity contribution in [2.24, 2.45) is 0 Å². The summed E-state index contributed by atoms with van der Waals surface area (Å²) in [6.45, 7) is 7.92. The predicted octanol–water partition coefficient (Wildman–Crippen LogP) is 2.14. The zero-order chi connectivity index (χ0) is 13.5. The molecule has 0 aromatic heterocycles. The Morgan fingerprint density at radius 2 is 2.05 bits per heavy atom. The second-order valence-electron chi connectivity index (χ2n) is 4.60. The predicted molar refractivity (Wildman–Crippen MR) is 77.4 cm³/mol. The van der Waals surface area contributed by atoms with E-state index in [1.165, 1.54) is 16.8 Å². The van der Waals surface area contributed by atoms with Crippen LogP contribution in [0.4, 0.5) is 5.69 Å². The molecular weight excluding hydrogens is 240 g/mol.